The largest absolute Gasteiger partial charge is 0.396 e. The van der Waals surface area contributed by atoms with Gasteiger partial charge in [-0.3, -0.25) is 14.3 Å². The lowest BCUT2D eigenvalue weighted by Crippen LogP contribution is -2.59. The summed E-state index contributed by atoms with van der Waals surface area (Å²) in [4.78, 5) is 25.6. The van der Waals surface area contributed by atoms with Crippen molar-refractivity contribution in [3.05, 3.63) is 32.6 Å². The van der Waals surface area contributed by atoms with Crippen molar-refractivity contribution >= 4 is 0 Å². The number of aliphatic hydroxyl groups excluding tert-OH is 2. The first-order chi connectivity index (χ1) is 8.84. The van der Waals surface area contributed by atoms with Gasteiger partial charge in [0.1, 0.15) is 0 Å². The third kappa shape index (κ3) is 1.95. The smallest absolute Gasteiger partial charge is 0.328 e. The molecule has 0 spiro atoms. The molecule has 0 radical (unpaired) electrons. The van der Waals surface area contributed by atoms with Gasteiger partial charge in [0, 0.05) is 36.9 Å². The molecule has 1 saturated carbocycles. The second-order valence-electron chi connectivity index (χ2n) is 5.88. The predicted octanol–water partition coefficient (Wildman–Crippen LogP) is -0.357. The van der Waals surface area contributed by atoms with E-state index in [1.165, 1.54) is 10.8 Å². The minimum atomic E-state index is -0.469. The summed E-state index contributed by atoms with van der Waals surface area (Å²) in [5.41, 5.74) is -0.711. The highest BCUT2D eigenvalue weighted by atomic mass is 16.3. The average Bonchev–Trinajstić information content (AvgIpc) is 2.33. The van der Waals surface area contributed by atoms with Gasteiger partial charge in [0.05, 0.1) is 0 Å². The molecule has 6 nitrogen and oxygen atoms in total. The molecule has 1 aromatic rings. The number of aryl methyl sites for hydroxylation is 1. The Morgan fingerprint density at radius 3 is 2.47 bits per heavy atom. The molecule has 1 fully saturated rings. The van der Waals surface area contributed by atoms with Crippen LogP contribution in [-0.2, 0) is 0 Å². The zero-order chi connectivity index (χ0) is 14.4. The SMILES string of the molecule is Cc1cn(C2C(CO)C(CO)C2(C)C)c(=O)[nH]c1=O. The zero-order valence-corrected chi connectivity index (χ0v) is 11.4. The zero-order valence-electron chi connectivity index (χ0n) is 11.4. The van der Waals surface area contributed by atoms with Gasteiger partial charge >= 0.3 is 5.69 Å². The van der Waals surface area contributed by atoms with Crippen LogP contribution in [0.25, 0.3) is 0 Å². The number of rotatable bonds is 3. The van der Waals surface area contributed by atoms with Crippen molar-refractivity contribution in [2.75, 3.05) is 13.2 Å². The molecule has 3 atom stereocenters. The third-order valence-corrected chi connectivity index (χ3v) is 4.49. The summed E-state index contributed by atoms with van der Waals surface area (Å²) in [7, 11) is 0. The summed E-state index contributed by atoms with van der Waals surface area (Å²) < 4.78 is 1.48. The van der Waals surface area contributed by atoms with Crippen LogP contribution in [0.1, 0.15) is 25.5 Å². The highest BCUT2D eigenvalue weighted by Crippen LogP contribution is 2.57. The van der Waals surface area contributed by atoms with E-state index in [0.29, 0.717) is 5.56 Å². The third-order valence-electron chi connectivity index (χ3n) is 4.49. The van der Waals surface area contributed by atoms with Crippen molar-refractivity contribution in [2.24, 2.45) is 17.3 Å². The van der Waals surface area contributed by atoms with Gasteiger partial charge in [-0.2, -0.15) is 0 Å². The number of H-pyrrole nitrogens is 1. The van der Waals surface area contributed by atoms with Crippen LogP contribution in [0.2, 0.25) is 0 Å². The standard InChI is InChI=1S/C13H20N2O4/c1-7-4-15(12(19)14-11(7)18)10-8(5-16)9(6-17)13(10,2)3/h4,8-10,16-17H,5-6H2,1-3H3,(H,14,18,19). The molecule has 2 rings (SSSR count). The lowest BCUT2D eigenvalue weighted by molar-refractivity contribution is -0.130. The number of aliphatic hydroxyl groups is 2. The maximum Gasteiger partial charge on any atom is 0.328 e. The average molecular weight is 268 g/mol. The number of nitrogens with one attached hydrogen (secondary N) is 1. The number of hydrogen-bond acceptors (Lipinski definition) is 4. The monoisotopic (exact) mass is 268 g/mol. The van der Waals surface area contributed by atoms with Crippen molar-refractivity contribution in [3.63, 3.8) is 0 Å². The molecule has 1 aliphatic carbocycles. The first kappa shape index (κ1) is 14.0. The van der Waals surface area contributed by atoms with E-state index in [0.717, 1.165) is 0 Å². The van der Waals surface area contributed by atoms with Crippen LogP contribution in [0.3, 0.4) is 0 Å². The van der Waals surface area contributed by atoms with Gasteiger partial charge in [-0.15, -0.1) is 0 Å². The van der Waals surface area contributed by atoms with Gasteiger partial charge in [-0.05, 0) is 18.3 Å². The minimum absolute atomic E-state index is 0.0220. The van der Waals surface area contributed by atoms with Gasteiger partial charge in [0.25, 0.3) is 5.56 Å². The molecule has 19 heavy (non-hydrogen) atoms. The van der Waals surface area contributed by atoms with Gasteiger partial charge in [0.15, 0.2) is 0 Å². The van der Waals surface area contributed by atoms with Gasteiger partial charge in [-0.25, -0.2) is 4.79 Å². The highest BCUT2D eigenvalue weighted by molar-refractivity contribution is 5.10. The fourth-order valence-electron chi connectivity index (χ4n) is 3.38. The Bertz CT molecular complexity index is 587. The van der Waals surface area contributed by atoms with Crippen LogP contribution in [0.5, 0.6) is 0 Å². The number of aromatic nitrogens is 2. The molecule has 0 bridgehead atoms. The van der Waals surface area contributed by atoms with Crippen LogP contribution in [-0.4, -0.2) is 33.0 Å². The van der Waals surface area contributed by atoms with Crippen molar-refractivity contribution in [1.29, 1.82) is 0 Å². The Labute approximate surface area is 110 Å². The number of hydrogen-bond donors (Lipinski definition) is 3. The Morgan fingerprint density at radius 2 is 1.95 bits per heavy atom. The normalized spacial score (nSPS) is 29.0. The van der Waals surface area contributed by atoms with Crippen molar-refractivity contribution in [1.82, 2.24) is 9.55 Å². The molecule has 3 N–H and O–H groups in total. The molecule has 6 heteroatoms. The number of aromatic amines is 1. The summed E-state index contributed by atoms with van der Waals surface area (Å²) in [6.07, 6.45) is 1.53. The molecular formula is C13H20N2O4. The van der Waals surface area contributed by atoms with Crippen LogP contribution < -0.4 is 11.2 Å². The highest BCUT2D eigenvalue weighted by Gasteiger charge is 2.56. The second kappa shape index (κ2) is 4.61. The maximum atomic E-state index is 11.9. The van der Waals surface area contributed by atoms with Crippen LogP contribution in [0, 0.1) is 24.2 Å². The molecule has 1 aromatic heterocycles. The number of nitrogens with zero attached hydrogens (tertiary/aromatic N) is 1. The van der Waals surface area contributed by atoms with Gasteiger partial charge in [-0.1, -0.05) is 13.8 Å². The lowest BCUT2D eigenvalue weighted by Gasteiger charge is -2.57. The predicted molar refractivity (Wildman–Crippen MR) is 70.0 cm³/mol. The Hall–Kier alpha value is -1.40. The lowest BCUT2D eigenvalue weighted by atomic mass is 9.52. The van der Waals surface area contributed by atoms with E-state index in [2.05, 4.69) is 4.98 Å². The molecule has 0 amide bonds. The topological polar surface area (TPSA) is 95.3 Å². The summed E-state index contributed by atoms with van der Waals surface area (Å²) in [6.45, 7) is 5.43. The van der Waals surface area contributed by atoms with E-state index in [-0.39, 0.29) is 36.5 Å². The van der Waals surface area contributed by atoms with Crippen molar-refractivity contribution < 1.29 is 10.2 Å². The maximum absolute atomic E-state index is 11.9. The second-order valence-corrected chi connectivity index (χ2v) is 5.88. The Morgan fingerprint density at radius 1 is 1.32 bits per heavy atom. The van der Waals surface area contributed by atoms with E-state index in [4.69, 9.17) is 0 Å². The Kier molecular flexibility index (Phi) is 3.40. The van der Waals surface area contributed by atoms with Crippen LogP contribution in [0.4, 0.5) is 0 Å². The molecule has 106 valence electrons. The summed E-state index contributed by atoms with van der Waals surface area (Å²) >= 11 is 0. The van der Waals surface area contributed by atoms with Gasteiger partial charge in [0.2, 0.25) is 0 Å². The molecule has 3 unspecified atom stereocenters. The molecule has 0 aromatic carbocycles. The quantitative estimate of drug-likeness (QED) is 0.698. The van der Waals surface area contributed by atoms with E-state index < -0.39 is 11.2 Å². The molecule has 0 aliphatic heterocycles. The van der Waals surface area contributed by atoms with E-state index in [9.17, 15) is 19.8 Å². The molecular weight excluding hydrogens is 248 g/mol. The van der Waals surface area contributed by atoms with E-state index in [1.807, 2.05) is 13.8 Å². The fourth-order valence-corrected chi connectivity index (χ4v) is 3.38. The first-order valence-electron chi connectivity index (χ1n) is 6.38. The van der Waals surface area contributed by atoms with Crippen molar-refractivity contribution in [3.8, 4) is 0 Å². The Balaban J connectivity index is 2.50. The molecule has 1 heterocycles. The van der Waals surface area contributed by atoms with E-state index >= 15 is 0 Å². The summed E-state index contributed by atoms with van der Waals surface area (Å²) in [5.74, 6) is -0.232. The summed E-state index contributed by atoms with van der Waals surface area (Å²) in [5, 5.41) is 18.9. The van der Waals surface area contributed by atoms with E-state index in [1.54, 1.807) is 6.92 Å². The summed E-state index contributed by atoms with van der Waals surface area (Å²) in [6, 6.07) is -0.224. The minimum Gasteiger partial charge on any atom is -0.396 e. The van der Waals surface area contributed by atoms with Gasteiger partial charge < -0.3 is 10.2 Å². The van der Waals surface area contributed by atoms with Crippen LogP contribution >= 0.6 is 0 Å². The van der Waals surface area contributed by atoms with Crippen LogP contribution in [0.15, 0.2) is 15.8 Å². The molecule has 1 aliphatic rings. The molecule has 0 saturated heterocycles. The van der Waals surface area contributed by atoms with Crippen molar-refractivity contribution in [2.45, 2.75) is 26.8 Å². The first-order valence-corrected chi connectivity index (χ1v) is 6.38. The fraction of sp³-hybridized carbons (Fsp3) is 0.692.